The van der Waals surface area contributed by atoms with E-state index in [-0.39, 0.29) is 16.9 Å². The molecule has 0 aliphatic rings. The number of anilines is 1. The second kappa shape index (κ2) is 10.1. The summed E-state index contributed by atoms with van der Waals surface area (Å²) in [4.78, 5) is 37.5. The Morgan fingerprint density at radius 2 is 1.29 bits per heavy atom. The molecular formula is C24H21NO6. The van der Waals surface area contributed by atoms with E-state index in [9.17, 15) is 14.4 Å². The molecule has 0 heterocycles. The van der Waals surface area contributed by atoms with Gasteiger partial charge in [-0.1, -0.05) is 18.2 Å². The van der Waals surface area contributed by atoms with Crippen LogP contribution in [-0.2, 0) is 9.53 Å². The van der Waals surface area contributed by atoms with E-state index in [1.165, 1.54) is 13.2 Å². The summed E-state index contributed by atoms with van der Waals surface area (Å²) in [7, 11) is 3.08. The largest absolute Gasteiger partial charge is 0.497 e. The van der Waals surface area contributed by atoms with E-state index < -0.39 is 18.5 Å². The molecule has 0 saturated heterocycles. The number of benzene rings is 3. The molecule has 1 amide bonds. The Kier molecular flexibility index (Phi) is 7.01. The number of ketones is 1. The maximum Gasteiger partial charge on any atom is 0.339 e. The molecule has 0 atom stereocenters. The number of methoxy groups -OCH3 is 2. The first-order valence-corrected chi connectivity index (χ1v) is 9.40. The number of carbonyl (C=O) groups excluding carboxylic acids is 3. The minimum Gasteiger partial charge on any atom is -0.497 e. The van der Waals surface area contributed by atoms with Crippen LogP contribution in [0.15, 0.2) is 72.8 Å². The summed E-state index contributed by atoms with van der Waals surface area (Å²) in [5.74, 6) is -0.326. The maximum atomic E-state index is 12.9. The van der Waals surface area contributed by atoms with Gasteiger partial charge in [0.15, 0.2) is 12.4 Å². The van der Waals surface area contributed by atoms with Gasteiger partial charge in [0.25, 0.3) is 5.91 Å². The molecule has 0 aromatic heterocycles. The number of carbonyl (C=O) groups is 3. The summed E-state index contributed by atoms with van der Waals surface area (Å²) in [5, 5.41) is 2.62. The fourth-order valence-electron chi connectivity index (χ4n) is 2.84. The average molecular weight is 419 g/mol. The van der Waals surface area contributed by atoms with E-state index in [1.54, 1.807) is 73.8 Å². The highest BCUT2D eigenvalue weighted by Crippen LogP contribution is 2.19. The molecule has 3 aromatic rings. The lowest BCUT2D eigenvalue weighted by Gasteiger charge is -2.10. The van der Waals surface area contributed by atoms with Crippen molar-refractivity contribution in [3.63, 3.8) is 0 Å². The predicted molar refractivity (Wildman–Crippen MR) is 115 cm³/mol. The van der Waals surface area contributed by atoms with Crippen molar-refractivity contribution in [2.24, 2.45) is 0 Å². The quantitative estimate of drug-likeness (QED) is 0.442. The van der Waals surface area contributed by atoms with Crippen LogP contribution in [0.4, 0.5) is 5.69 Å². The molecule has 31 heavy (non-hydrogen) atoms. The van der Waals surface area contributed by atoms with Gasteiger partial charge in [-0.2, -0.15) is 0 Å². The van der Waals surface area contributed by atoms with Crippen molar-refractivity contribution in [2.75, 3.05) is 26.1 Å². The van der Waals surface area contributed by atoms with Gasteiger partial charge in [-0.05, 0) is 54.6 Å². The Morgan fingerprint density at radius 3 is 1.87 bits per heavy atom. The molecule has 0 saturated carbocycles. The lowest BCUT2D eigenvalue weighted by molar-refractivity contribution is -0.119. The number of nitrogens with one attached hydrogen (secondary N) is 1. The summed E-state index contributed by atoms with van der Waals surface area (Å²) in [6.07, 6.45) is 0. The van der Waals surface area contributed by atoms with Gasteiger partial charge in [-0.25, -0.2) is 4.79 Å². The first kappa shape index (κ1) is 21.6. The van der Waals surface area contributed by atoms with Crippen LogP contribution in [0.2, 0.25) is 0 Å². The fourth-order valence-corrected chi connectivity index (χ4v) is 2.84. The summed E-state index contributed by atoms with van der Waals surface area (Å²) in [6, 6.07) is 19.6. The zero-order valence-corrected chi connectivity index (χ0v) is 17.1. The van der Waals surface area contributed by atoms with Crippen LogP contribution >= 0.6 is 0 Å². The Balaban J connectivity index is 1.66. The van der Waals surface area contributed by atoms with Gasteiger partial charge in [0.05, 0.1) is 19.8 Å². The van der Waals surface area contributed by atoms with Crippen molar-refractivity contribution in [3.05, 3.63) is 89.5 Å². The highest BCUT2D eigenvalue weighted by molar-refractivity contribution is 6.14. The van der Waals surface area contributed by atoms with Crippen LogP contribution in [0.3, 0.4) is 0 Å². The monoisotopic (exact) mass is 419 g/mol. The number of rotatable bonds is 8. The van der Waals surface area contributed by atoms with Crippen LogP contribution in [-0.4, -0.2) is 38.5 Å². The van der Waals surface area contributed by atoms with Crippen molar-refractivity contribution in [1.82, 2.24) is 0 Å². The Morgan fingerprint density at radius 1 is 0.742 bits per heavy atom. The summed E-state index contributed by atoms with van der Waals surface area (Å²) in [6.45, 7) is -0.490. The normalized spacial score (nSPS) is 10.1. The third kappa shape index (κ3) is 5.48. The zero-order valence-electron chi connectivity index (χ0n) is 17.1. The van der Waals surface area contributed by atoms with E-state index in [1.807, 2.05) is 0 Å². The molecule has 158 valence electrons. The third-order valence-electron chi connectivity index (χ3n) is 4.45. The van der Waals surface area contributed by atoms with Crippen molar-refractivity contribution < 1.29 is 28.6 Å². The Labute approximate surface area is 179 Å². The first-order valence-electron chi connectivity index (χ1n) is 9.40. The van der Waals surface area contributed by atoms with Crippen LogP contribution in [0.1, 0.15) is 26.3 Å². The molecule has 0 fully saturated rings. The average Bonchev–Trinajstić information content (AvgIpc) is 2.82. The van der Waals surface area contributed by atoms with E-state index >= 15 is 0 Å². The number of hydrogen-bond acceptors (Lipinski definition) is 6. The smallest absolute Gasteiger partial charge is 0.339 e. The third-order valence-corrected chi connectivity index (χ3v) is 4.45. The van der Waals surface area contributed by atoms with Crippen LogP contribution in [0.5, 0.6) is 11.5 Å². The molecule has 0 radical (unpaired) electrons. The molecular weight excluding hydrogens is 398 g/mol. The maximum absolute atomic E-state index is 12.9. The molecule has 0 aliphatic heterocycles. The minimum absolute atomic E-state index is 0.0839. The predicted octanol–water partition coefficient (Wildman–Crippen LogP) is 3.73. The van der Waals surface area contributed by atoms with E-state index in [2.05, 4.69) is 5.32 Å². The van der Waals surface area contributed by atoms with Gasteiger partial charge < -0.3 is 19.5 Å². The van der Waals surface area contributed by atoms with Crippen molar-refractivity contribution >= 4 is 23.3 Å². The van der Waals surface area contributed by atoms with Gasteiger partial charge in [-0.3, -0.25) is 9.59 Å². The zero-order chi connectivity index (χ0) is 22.2. The van der Waals surface area contributed by atoms with E-state index in [0.29, 0.717) is 22.7 Å². The second-order valence-corrected chi connectivity index (χ2v) is 6.46. The first-order chi connectivity index (χ1) is 15.0. The topological polar surface area (TPSA) is 90.9 Å². The molecule has 3 rings (SSSR count). The van der Waals surface area contributed by atoms with Gasteiger partial charge in [-0.15, -0.1) is 0 Å². The highest BCUT2D eigenvalue weighted by atomic mass is 16.5. The SMILES string of the molecule is COc1ccc(NC(=O)COC(=O)c2ccccc2C(=O)c2ccc(OC)cc2)cc1. The van der Waals surface area contributed by atoms with Crippen molar-refractivity contribution in [3.8, 4) is 11.5 Å². The van der Waals surface area contributed by atoms with Crippen LogP contribution in [0.25, 0.3) is 0 Å². The lowest BCUT2D eigenvalue weighted by Crippen LogP contribution is -2.22. The van der Waals surface area contributed by atoms with Gasteiger partial charge in [0.2, 0.25) is 0 Å². The number of amides is 1. The van der Waals surface area contributed by atoms with Crippen LogP contribution in [0, 0.1) is 0 Å². The number of ether oxygens (including phenoxy) is 3. The molecule has 3 aromatic carbocycles. The van der Waals surface area contributed by atoms with Gasteiger partial charge >= 0.3 is 5.97 Å². The van der Waals surface area contributed by atoms with E-state index in [4.69, 9.17) is 14.2 Å². The molecule has 0 aliphatic carbocycles. The molecule has 0 unspecified atom stereocenters. The molecule has 7 nitrogen and oxygen atoms in total. The second-order valence-electron chi connectivity index (χ2n) is 6.46. The number of esters is 1. The van der Waals surface area contributed by atoms with Crippen LogP contribution < -0.4 is 14.8 Å². The fraction of sp³-hybridized carbons (Fsp3) is 0.125. The number of hydrogen-bond donors (Lipinski definition) is 1. The summed E-state index contributed by atoms with van der Waals surface area (Å²) < 4.78 is 15.3. The Hall–Kier alpha value is -4.13. The summed E-state index contributed by atoms with van der Waals surface area (Å²) >= 11 is 0. The van der Waals surface area contributed by atoms with Crippen molar-refractivity contribution in [2.45, 2.75) is 0 Å². The standard InChI is InChI=1S/C24H21NO6/c1-29-18-11-7-16(8-12-18)23(27)20-5-3-4-6-21(20)24(28)31-15-22(26)25-17-9-13-19(30-2)14-10-17/h3-14H,15H2,1-2H3,(H,25,26). The van der Waals surface area contributed by atoms with Gasteiger partial charge in [0, 0.05) is 16.8 Å². The van der Waals surface area contributed by atoms with Gasteiger partial charge in [0.1, 0.15) is 11.5 Å². The molecule has 1 N–H and O–H groups in total. The highest BCUT2D eigenvalue weighted by Gasteiger charge is 2.20. The molecule has 0 spiro atoms. The lowest BCUT2D eigenvalue weighted by atomic mass is 9.98. The minimum atomic E-state index is -0.762. The van der Waals surface area contributed by atoms with Crippen molar-refractivity contribution in [1.29, 1.82) is 0 Å². The molecule has 7 heteroatoms. The van der Waals surface area contributed by atoms with E-state index in [0.717, 1.165) is 0 Å². The molecule has 0 bridgehead atoms. The summed E-state index contributed by atoms with van der Waals surface area (Å²) in [5.41, 5.74) is 1.21. The Bertz CT molecular complexity index is 1070.